The number of methoxy groups -OCH3 is 1. The Hall–Kier alpha value is -2.68. The van der Waals surface area contributed by atoms with Crippen molar-refractivity contribution < 1.29 is 19.2 Å². The van der Waals surface area contributed by atoms with Crippen LogP contribution in [0.2, 0.25) is 0 Å². The van der Waals surface area contributed by atoms with Crippen molar-refractivity contribution in [3.05, 3.63) is 33.9 Å². The van der Waals surface area contributed by atoms with Gasteiger partial charge in [-0.1, -0.05) is 13.8 Å². The van der Waals surface area contributed by atoms with Crippen LogP contribution in [-0.4, -0.2) is 43.2 Å². The Morgan fingerprint density at radius 1 is 1.30 bits per heavy atom. The van der Waals surface area contributed by atoms with Gasteiger partial charge in [0.05, 0.1) is 4.92 Å². The van der Waals surface area contributed by atoms with E-state index in [2.05, 4.69) is 15.0 Å². The highest BCUT2D eigenvalue weighted by Crippen LogP contribution is 2.22. The van der Waals surface area contributed by atoms with E-state index in [1.807, 2.05) is 20.8 Å². The molecule has 0 fully saturated rings. The number of aliphatic imine (C=N–C) groups is 1. The summed E-state index contributed by atoms with van der Waals surface area (Å²) in [6, 6.07) is 4.14. The number of nitrogens with two attached hydrogens (primary N) is 1. The summed E-state index contributed by atoms with van der Waals surface area (Å²) in [5.41, 5.74) is 5.79. The van der Waals surface area contributed by atoms with Crippen LogP contribution < -0.4 is 11.1 Å². The van der Waals surface area contributed by atoms with Gasteiger partial charge in [-0.2, -0.15) is 4.99 Å². The van der Waals surface area contributed by atoms with E-state index in [0.29, 0.717) is 12.2 Å². The van der Waals surface area contributed by atoms with Crippen LogP contribution >= 0.6 is 0 Å². The lowest BCUT2D eigenvalue weighted by Gasteiger charge is -2.17. The second kappa shape index (κ2) is 13.5. The van der Waals surface area contributed by atoms with E-state index in [4.69, 9.17) is 10.5 Å². The minimum atomic E-state index is -0.848. The standard InChI is InChI=1S/C14H20N4O4.C2H6O.C2H6/c1-5-16-11-7-6-9(18(20)21)8-10(11)12(15)17-13(19)22-14(2,3)4;1-3-2;1-2/h6-8,16H,5H2,1-4H3,(H2,15,17,19);1-2H3;1-2H3. The summed E-state index contributed by atoms with van der Waals surface area (Å²) in [4.78, 5) is 25.7. The third-order valence-corrected chi connectivity index (χ3v) is 2.46. The van der Waals surface area contributed by atoms with Crippen molar-refractivity contribution in [3.8, 4) is 0 Å². The number of carbonyl (C=O) groups is 1. The predicted octanol–water partition coefficient (Wildman–Crippen LogP) is 3.96. The highest BCUT2D eigenvalue weighted by atomic mass is 16.6. The van der Waals surface area contributed by atoms with Crippen LogP contribution in [0.5, 0.6) is 0 Å². The average molecular weight is 384 g/mol. The maximum Gasteiger partial charge on any atom is 0.436 e. The topological polar surface area (TPSA) is 129 Å². The van der Waals surface area contributed by atoms with E-state index in [9.17, 15) is 14.9 Å². The molecule has 0 aliphatic heterocycles. The second-order valence-corrected chi connectivity index (χ2v) is 5.90. The fourth-order valence-corrected chi connectivity index (χ4v) is 1.65. The first kappa shape index (κ1) is 26.5. The van der Waals surface area contributed by atoms with Crippen molar-refractivity contribution in [3.63, 3.8) is 0 Å². The van der Waals surface area contributed by atoms with Crippen molar-refractivity contribution in [2.45, 2.75) is 47.1 Å². The number of benzene rings is 1. The van der Waals surface area contributed by atoms with Crippen LogP contribution in [0.3, 0.4) is 0 Å². The molecule has 0 aromatic heterocycles. The molecule has 0 saturated carbocycles. The highest BCUT2D eigenvalue weighted by Gasteiger charge is 2.18. The molecule has 9 nitrogen and oxygen atoms in total. The molecule has 0 aliphatic rings. The quantitative estimate of drug-likeness (QED) is 0.348. The Kier molecular flexibility index (Phi) is 13.3. The number of nitro groups is 1. The summed E-state index contributed by atoms with van der Waals surface area (Å²) >= 11 is 0. The van der Waals surface area contributed by atoms with Crippen LogP contribution in [-0.2, 0) is 9.47 Å². The molecule has 3 N–H and O–H groups in total. The Labute approximate surface area is 161 Å². The van der Waals surface area contributed by atoms with Gasteiger partial charge in [0, 0.05) is 44.1 Å². The summed E-state index contributed by atoms with van der Waals surface area (Å²) < 4.78 is 9.30. The molecule has 1 aromatic rings. The third kappa shape index (κ3) is 11.5. The molecular formula is C18H32N4O5. The number of nitro benzene ring substituents is 1. The normalized spacial score (nSPS) is 10.6. The number of nitrogens with zero attached hydrogens (tertiary/aromatic N) is 2. The lowest BCUT2D eigenvalue weighted by atomic mass is 10.1. The molecule has 1 rings (SSSR count). The Balaban J connectivity index is 0. The van der Waals surface area contributed by atoms with E-state index >= 15 is 0 Å². The summed E-state index contributed by atoms with van der Waals surface area (Å²) in [5.74, 6) is -0.145. The number of anilines is 1. The van der Waals surface area contributed by atoms with E-state index in [-0.39, 0.29) is 17.1 Å². The van der Waals surface area contributed by atoms with Gasteiger partial charge < -0.3 is 20.5 Å². The minimum Gasteiger partial charge on any atom is -0.442 e. The summed E-state index contributed by atoms with van der Waals surface area (Å²) in [5, 5.41) is 13.9. The number of nitrogens with one attached hydrogen (secondary N) is 1. The summed E-state index contributed by atoms with van der Waals surface area (Å²) in [7, 11) is 3.25. The Morgan fingerprint density at radius 3 is 2.22 bits per heavy atom. The molecule has 0 saturated heterocycles. The van der Waals surface area contributed by atoms with E-state index in [1.165, 1.54) is 18.2 Å². The zero-order valence-electron chi connectivity index (χ0n) is 17.5. The molecule has 0 bridgehead atoms. The molecule has 1 amide bonds. The van der Waals surface area contributed by atoms with Crippen molar-refractivity contribution in [1.29, 1.82) is 0 Å². The van der Waals surface area contributed by atoms with Crippen LogP contribution in [0.15, 0.2) is 23.2 Å². The van der Waals surface area contributed by atoms with E-state index in [0.717, 1.165) is 0 Å². The molecule has 154 valence electrons. The second-order valence-electron chi connectivity index (χ2n) is 5.90. The molecule has 0 spiro atoms. The van der Waals surface area contributed by atoms with Crippen molar-refractivity contribution >= 4 is 23.3 Å². The third-order valence-electron chi connectivity index (χ3n) is 2.46. The van der Waals surface area contributed by atoms with Gasteiger partial charge in [0.2, 0.25) is 0 Å². The van der Waals surface area contributed by atoms with Gasteiger partial charge in [0.25, 0.3) is 5.69 Å². The van der Waals surface area contributed by atoms with Gasteiger partial charge in [0.1, 0.15) is 11.4 Å². The molecule has 0 atom stereocenters. The number of amides is 1. The first-order chi connectivity index (χ1) is 12.6. The fraction of sp³-hybridized carbons (Fsp3) is 0.556. The van der Waals surface area contributed by atoms with Crippen molar-refractivity contribution in [1.82, 2.24) is 0 Å². The smallest absolute Gasteiger partial charge is 0.436 e. The molecule has 9 heteroatoms. The molecule has 0 radical (unpaired) electrons. The molecule has 1 aromatic carbocycles. The van der Waals surface area contributed by atoms with E-state index in [1.54, 1.807) is 35.0 Å². The van der Waals surface area contributed by atoms with Crippen molar-refractivity contribution in [2.75, 3.05) is 26.1 Å². The zero-order chi connectivity index (χ0) is 21.6. The number of hydrogen-bond donors (Lipinski definition) is 2. The molecule has 27 heavy (non-hydrogen) atoms. The Morgan fingerprint density at radius 2 is 1.81 bits per heavy atom. The lowest BCUT2D eigenvalue weighted by molar-refractivity contribution is -0.384. The average Bonchev–Trinajstić information content (AvgIpc) is 2.56. The number of hydrogen-bond acceptors (Lipinski definition) is 6. The first-order valence-corrected chi connectivity index (χ1v) is 8.55. The monoisotopic (exact) mass is 384 g/mol. The molecular weight excluding hydrogens is 352 g/mol. The number of carbonyl (C=O) groups excluding carboxylic acids is 1. The van der Waals surface area contributed by atoms with Gasteiger partial charge in [-0.05, 0) is 33.8 Å². The van der Waals surface area contributed by atoms with Crippen LogP contribution in [0.4, 0.5) is 16.2 Å². The molecule has 0 unspecified atom stereocenters. The van der Waals surface area contributed by atoms with Gasteiger partial charge in [0.15, 0.2) is 0 Å². The lowest BCUT2D eigenvalue weighted by Crippen LogP contribution is -2.25. The Bertz CT molecular complexity index is 625. The minimum absolute atomic E-state index is 0.140. The zero-order valence-corrected chi connectivity index (χ0v) is 17.5. The van der Waals surface area contributed by atoms with Crippen LogP contribution in [0.1, 0.15) is 47.1 Å². The number of non-ortho nitro benzene ring substituents is 1. The number of amidine groups is 1. The summed E-state index contributed by atoms with van der Waals surface area (Å²) in [6.07, 6.45) is -0.848. The van der Waals surface area contributed by atoms with E-state index < -0.39 is 16.6 Å². The van der Waals surface area contributed by atoms with Crippen LogP contribution in [0.25, 0.3) is 0 Å². The molecule has 0 aliphatic carbocycles. The fourth-order valence-electron chi connectivity index (χ4n) is 1.65. The van der Waals surface area contributed by atoms with Crippen LogP contribution in [0, 0.1) is 10.1 Å². The van der Waals surface area contributed by atoms with Gasteiger partial charge >= 0.3 is 6.09 Å². The maximum atomic E-state index is 11.7. The van der Waals surface area contributed by atoms with Gasteiger partial charge in [-0.25, -0.2) is 4.79 Å². The summed E-state index contributed by atoms with van der Waals surface area (Å²) in [6.45, 7) is 11.6. The van der Waals surface area contributed by atoms with Crippen molar-refractivity contribution in [2.24, 2.45) is 10.7 Å². The van der Waals surface area contributed by atoms with Gasteiger partial charge in [-0.3, -0.25) is 10.1 Å². The highest BCUT2D eigenvalue weighted by molar-refractivity contribution is 6.07. The largest absolute Gasteiger partial charge is 0.442 e. The maximum absolute atomic E-state index is 11.7. The predicted molar refractivity (Wildman–Crippen MR) is 108 cm³/mol. The number of rotatable bonds is 4. The molecule has 0 heterocycles. The number of ether oxygens (including phenoxy) is 2. The SMILES string of the molecule is CC.CCNc1ccc([N+](=O)[O-])cc1/C(N)=N/C(=O)OC(C)(C)C.COC. The van der Waals surface area contributed by atoms with Gasteiger partial charge in [-0.15, -0.1) is 0 Å². The first-order valence-electron chi connectivity index (χ1n) is 8.55.